The highest BCUT2D eigenvalue weighted by atomic mass is 16.5. The van der Waals surface area contributed by atoms with Gasteiger partial charge in [0.2, 0.25) is 5.95 Å². The molecule has 3 aromatic rings. The number of hydrogen-bond acceptors (Lipinski definition) is 4. The molecule has 0 spiro atoms. The molecule has 0 atom stereocenters. The zero-order valence-electron chi connectivity index (χ0n) is 16.1. The lowest BCUT2D eigenvalue weighted by molar-refractivity contribution is -0.120. The van der Waals surface area contributed by atoms with Crippen LogP contribution in [-0.4, -0.2) is 22.6 Å². The number of nitrogens with one attached hydrogen (secondary N) is 1. The largest absolute Gasteiger partial charge is 0.429 e. The van der Waals surface area contributed by atoms with Gasteiger partial charge in [-0.05, 0) is 37.0 Å². The van der Waals surface area contributed by atoms with E-state index in [1.54, 1.807) is 0 Å². The van der Waals surface area contributed by atoms with E-state index in [-0.39, 0.29) is 0 Å². The lowest BCUT2D eigenvalue weighted by atomic mass is 10.1. The molecule has 0 unspecified atom stereocenters. The lowest BCUT2D eigenvalue weighted by Gasteiger charge is -2.20. The predicted octanol–water partition coefficient (Wildman–Crippen LogP) is 5.12. The first-order valence-corrected chi connectivity index (χ1v) is 10.3. The summed E-state index contributed by atoms with van der Waals surface area (Å²) in [5.41, 5.74) is 3.28. The van der Waals surface area contributed by atoms with Gasteiger partial charge in [0.25, 0.3) is 6.47 Å². The molecule has 1 aromatic heterocycles. The number of ether oxygens (including phenoxy) is 1. The summed E-state index contributed by atoms with van der Waals surface area (Å²) in [6.45, 7) is 1.29. The average Bonchev–Trinajstić information content (AvgIpc) is 2.88. The van der Waals surface area contributed by atoms with Crippen LogP contribution in [0.2, 0.25) is 0 Å². The Morgan fingerprint density at radius 3 is 2.61 bits per heavy atom. The number of rotatable bonds is 7. The Kier molecular flexibility index (Phi) is 5.90. The van der Waals surface area contributed by atoms with Crippen LogP contribution < -0.4 is 10.1 Å². The molecule has 0 amide bonds. The monoisotopic (exact) mass is 377 g/mol. The molecule has 0 saturated heterocycles. The third-order valence-electron chi connectivity index (χ3n) is 5.57. The summed E-state index contributed by atoms with van der Waals surface area (Å²) in [6.07, 6.45) is 8.49. The minimum Gasteiger partial charge on any atom is -0.429 e. The number of hydrogen-bond donors (Lipinski definition) is 1. The highest BCUT2D eigenvalue weighted by Gasteiger charge is 2.21. The van der Waals surface area contributed by atoms with Gasteiger partial charge < -0.3 is 14.6 Å². The Bertz CT molecular complexity index is 912. The van der Waals surface area contributed by atoms with Gasteiger partial charge in [0, 0.05) is 18.7 Å². The maximum absolute atomic E-state index is 10.7. The van der Waals surface area contributed by atoms with Crippen molar-refractivity contribution >= 4 is 23.5 Å². The first-order valence-electron chi connectivity index (χ1n) is 10.3. The second-order valence-electron chi connectivity index (χ2n) is 7.48. The number of fused-ring (bicyclic) bond motifs is 1. The van der Waals surface area contributed by atoms with Crippen LogP contribution in [0.5, 0.6) is 5.75 Å². The third-order valence-corrected chi connectivity index (χ3v) is 5.57. The predicted molar refractivity (Wildman–Crippen MR) is 112 cm³/mol. The molecule has 1 aliphatic rings. The molecule has 5 heteroatoms. The summed E-state index contributed by atoms with van der Waals surface area (Å²) in [5.74, 6) is 1.45. The van der Waals surface area contributed by atoms with Crippen LogP contribution in [0.15, 0.2) is 48.5 Å². The Hall–Kier alpha value is -2.82. The fourth-order valence-corrected chi connectivity index (χ4v) is 4.18. The van der Waals surface area contributed by atoms with Gasteiger partial charge in [0.15, 0.2) is 0 Å². The van der Waals surface area contributed by atoms with Gasteiger partial charge in [-0.1, -0.05) is 56.0 Å². The molecule has 1 aliphatic carbocycles. The highest BCUT2D eigenvalue weighted by Crippen LogP contribution is 2.34. The fourth-order valence-electron chi connectivity index (χ4n) is 4.18. The van der Waals surface area contributed by atoms with Crippen LogP contribution in [0, 0.1) is 0 Å². The third kappa shape index (κ3) is 4.19. The zero-order chi connectivity index (χ0) is 19.2. The van der Waals surface area contributed by atoms with Gasteiger partial charge in [-0.3, -0.25) is 4.79 Å². The second kappa shape index (κ2) is 8.91. The van der Waals surface area contributed by atoms with Gasteiger partial charge in [-0.2, -0.15) is 0 Å². The van der Waals surface area contributed by atoms with Gasteiger partial charge in [0.1, 0.15) is 5.75 Å². The van der Waals surface area contributed by atoms with Crippen molar-refractivity contribution in [3.05, 3.63) is 54.1 Å². The number of carbonyl (C=O) groups excluding carboxylic acids is 1. The van der Waals surface area contributed by atoms with E-state index in [0.717, 1.165) is 29.9 Å². The van der Waals surface area contributed by atoms with Crippen molar-refractivity contribution < 1.29 is 9.53 Å². The smallest absolute Gasteiger partial charge is 0.298 e. The van der Waals surface area contributed by atoms with Gasteiger partial charge in [0.05, 0.1) is 11.0 Å². The normalized spacial score (nSPS) is 15.3. The van der Waals surface area contributed by atoms with Gasteiger partial charge in [-0.25, -0.2) is 4.98 Å². The SMILES string of the molecule is O=COc1ccc2c(c1)nc(NCCc1ccccc1)n2C1CCCCCC1. The quantitative estimate of drug-likeness (QED) is 0.458. The minimum absolute atomic E-state index is 0.461. The maximum atomic E-state index is 10.7. The fraction of sp³-hybridized carbons (Fsp3) is 0.391. The van der Waals surface area contributed by atoms with Crippen LogP contribution >= 0.6 is 0 Å². The minimum atomic E-state index is 0.461. The van der Waals surface area contributed by atoms with E-state index in [1.165, 1.54) is 44.1 Å². The molecule has 5 nitrogen and oxygen atoms in total. The lowest BCUT2D eigenvalue weighted by Crippen LogP contribution is -2.15. The summed E-state index contributed by atoms with van der Waals surface area (Å²) in [7, 11) is 0. The number of imidazole rings is 1. The summed E-state index contributed by atoms with van der Waals surface area (Å²) >= 11 is 0. The molecule has 1 N–H and O–H groups in total. The summed E-state index contributed by atoms with van der Waals surface area (Å²) in [6, 6.07) is 16.7. The molecular formula is C23H27N3O2. The molecule has 1 saturated carbocycles. The number of anilines is 1. The first kappa shape index (κ1) is 18.5. The zero-order valence-corrected chi connectivity index (χ0v) is 16.1. The van der Waals surface area contributed by atoms with Crippen molar-refractivity contribution in [2.45, 2.75) is 51.0 Å². The van der Waals surface area contributed by atoms with E-state index in [1.807, 2.05) is 24.3 Å². The van der Waals surface area contributed by atoms with E-state index >= 15 is 0 Å². The number of benzene rings is 2. The molecule has 1 fully saturated rings. The van der Waals surface area contributed by atoms with E-state index in [4.69, 9.17) is 9.72 Å². The van der Waals surface area contributed by atoms with Crippen LogP contribution in [0.3, 0.4) is 0 Å². The molecule has 4 rings (SSSR count). The van der Waals surface area contributed by atoms with E-state index in [9.17, 15) is 4.79 Å². The maximum Gasteiger partial charge on any atom is 0.298 e. The van der Waals surface area contributed by atoms with Crippen LogP contribution in [0.25, 0.3) is 11.0 Å². The van der Waals surface area contributed by atoms with Crippen LogP contribution in [0.1, 0.15) is 50.1 Å². The van der Waals surface area contributed by atoms with Crippen molar-refractivity contribution in [1.82, 2.24) is 9.55 Å². The average molecular weight is 377 g/mol. The van der Waals surface area contributed by atoms with Gasteiger partial charge >= 0.3 is 0 Å². The molecule has 1 heterocycles. The standard InChI is InChI=1S/C23H27N3O2/c27-17-28-20-12-13-22-21(16-20)25-23(24-15-14-18-8-4-3-5-9-18)26(22)19-10-6-1-2-7-11-19/h3-5,8-9,12-13,16-17,19H,1-2,6-7,10-11,14-15H2,(H,24,25). The van der Waals surface area contributed by atoms with Crippen molar-refractivity contribution in [1.29, 1.82) is 0 Å². The van der Waals surface area contributed by atoms with E-state index in [2.05, 4.69) is 34.1 Å². The second-order valence-corrected chi connectivity index (χ2v) is 7.48. The van der Waals surface area contributed by atoms with E-state index < -0.39 is 0 Å². The van der Waals surface area contributed by atoms with Crippen molar-refractivity contribution in [3.8, 4) is 5.75 Å². The number of carbonyl (C=O) groups is 1. The Morgan fingerprint density at radius 1 is 1.07 bits per heavy atom. The summed E-state index contributed by atoms with van der Waals surface area (Å²) in [5, 5.41) is 3.56. The Balaban J connectivity index is 1.62. The molecule has 2 aromatic carbocycles. The molecule has 0 aliphatic heterocycles. The van der Waals surface area contributed by atoms with Crippen LogP contribution in [-0.2, 0) is 11.2 Å². The topological polar surface area (TPSA) is 56.1 Å². The molecular weight excluding hydrogens is 350 g/mol. The first-order chi connectivity index (χ1) is 13.8. The molecule has 28 heavy (non-hydrogen) atoms. The summed E-state index contributed by atoms with van der Waals surface area (Å²) < 4.78 is 7.39. The Morgan fingerprint density at radius 2 is 1.86 bits per heavy atom. The van der Waals surface area contributed by atoms with Crippen molar-refractivity contribution in [2.75, 3.05) is 11.9 Å². The molecule has 0 radical (unpaired) electrons. The van der Waals surface area contributed by atoms with Crippen molar-refractivity contribution in [3.63, 3.8) is 0 Å². The van der Waals surface area contributed by atoms with Crippen molar-refractivity contribution in [2.24, 2.45) is 0 Å². The number of nitrogens with zero attached hydrogens (tertiary/aromatic N) is 2. The van der Waals surface area contributed by atoms with Gasteiger partial charge in [-0.15, -0.1) is 0 Å². The summed E-state index contributed by atoms with van der Waals surface area (Å²) in [4.78, 5) is 15.5. The molecule has 0 bridgehead atoms. The van der Waals surface area contributed by atoms with E-state index in [0.29, 0.717) is 18.3 Å². The number of aromatic nitrogens is 2. The van der Waals surface area contributed by atoms with Crippen LogP contribution in [0.4, 0.5) is 5.95 Å². The molecule has 146 valence electrons. The highest BCUT2D eigenvalue weighted by molar-refractivity contribution is 5.81. The Labute approximate surface area is 165 Å².